The van der Waals surface area contributed by atoms with Crippen LogP contribution >= 0.6 is 11.3 Å². The number of rotatable bonds is 6. The molecule has 17 heavy (non-hydrogen) atoms. The molecule has 3 nitrogen and oxygen atoms in total. The number of ketones is 1. The van der Waals surface area contributed by atoms with E-state index in [2.05, 4.69) is 4.98 Å². The number of thiazole rings is 1. The van der Waals surface area contributed by atoms with Crippen LogP contribution in [0.5, 0.6) is 0 Å². The maximum atomic E-state index is 11.6. The number of aromatic nitrogens is 1. The molecule has 1 aromatic heterocycles. The van der Waals surface area contributed by atoms with Crippen LogP contribution in [0.3, 0.4) is 0 Å². The van der Waals surface area contributed by atoms with Gasteiger partial charge >= 0.3 is 0 Å². The van der Waals surface area contributed by atoms with Crippen molar-refractivity contribution < 1.29 is 9.53 Å². The Balaban J connectivity index is 1.69. The first-order valence-electron chi connectivity index (χ1n) is 5.39. The average molecular weight is 247 g/mol. The lowest BCUT2D eigenvalue weighted by atomic mass is 10.2. The summed E-state index contributed by atoms with van der Waals surface area (Å²) in [6.45, 7) is 0.983. The van der Waals surface area contributed by atoms with E-state index in [0.29, 0.717) is 25.3 Å². The Morgan fingerprint density at radius 2 is 2.12 bits per heavy atom. The van der Waals surface area contributed by atoms with Crippen LogP contribution in [-0.2, 0) is 11.3 Å². The predicted octanol–water partition coefficient (Wildman–Crippen LogP) is 2.93. The molecule has 0 aliphatic rings. The molecule has 0 amide bonds. The molecule has 0 saturated heterocycles. The van der Waals surface area contributed by atoms with E-state index in [0.717, 1.165) is 5.56 Å². The second-order valence-electron chi connectivity index (χ2n) is 3.59. The van der Waals surface area contributed by atoms with Crippen molar-refractivity contribution in [3.63, 3.8) is 0 Å². The number of carbonyl (C=O) groups excluding carboxylic acids is 1. The highest BCUT2D eigenvalue weighted by atomic mass is 32.1. The van der Waals surface area contributed by atoms with Crippen molar-refractivity contribution in [2.24, 2.45) is 0 Å². The molecule has 0 aliphatic carbocycles. The maximum absolute atomic E-state index is 11.6. The number of benzene rings is 1. The summed E-state index contributed by atoms with van der Waals surface area (Å²) in [5, 5.41) is 1.76. The summed E-state index contributed by atoms with van der Waals surface area (Å²) >= 11 is 1.43. The third kappa shape index (κ3) is 3.76. The first-order valence-corrected chi connectivity index (χ1v) is 6.33. The minimum Gasteiger partial charge on any atom is -0.376 e. The lowest BCUT2D eigenvalue weighted by molar-refractivity contribution is 0.0845. The number of hydrogen-bond donors (Lipinski definition) is 0. The number of Topliss-reactive ketones (excluding diaryl/α,β-unsaturated/α-hetero) is 1. The Kier molecular flexibility index (Phi) is 4.41. The summed E-state index contributed by atoms with van der Waals surface area (Å²) in [5.74, 6) is 0.0410. The standard InChI is InChI=1S/C13H13NO2S/c15-13(12-9-17-10-14-12)6-7-16-8-11-4-2-1-3-5-11/h1-5,9-10H,6-8H2. The van der Waals surface area contributed by atoms with Gasteiger partial charge in [-0.3, -0.25) is 4.79 Å². The van der Waals surface area contributed by atoms with Crippen LogP contribution in [0.1, 0.15) is 22.5 Å². The van der Waals surface area contributed by atoms with Gasteiger partial charge in [0.2, 0.25) is 0 Å². The van der Waals surface area contributed by atoms with Gasteiger partial charge in [0.1, 0.15) is 5.69 Å². The second kappa shape index (κ2) is 6.27. The molecule has 0 N–H and O–H groups in total. The van der Waals surface area contributed by atoms with Gasteiger partial charge < -0.3 is 4.74 Å². The van der Waals surface area contributed by atoms with Gasteiger partial charge in [0.25, 0.3) is 0 Å². The van der Waals surface area contributed by atoms with Crippen molar-refractivity contribution in [2.45, 2.75) is 13.0 Å². The van der Waals surface area contributed by atoms with E-state index in [-0.39, 0.29) is 5.78 Å². The molecule has 88 valence electrons. The fraction of sp³-hybridized carbons (Fsp3) is 0.231. The molecule has 0 unspecified atom stereocenters. The molecule has 2 aromatic rings. The van der Waals surface area contributed by atoms with Crippen LogP contribution in [-0.4, -0.2) is 17.4 Å². The highest BCUT2D eigenvalue weighted by Crippen LogP contribution is 2.05. The molecule has 0 bridgehead atoms. The normalized spacial score (nSPS) is 10.4. The fourth-order valence-electron chi connectivity index (χ4n) is 1.41. The lowest BCUT2D eigenvalue weighted by Crippen LogP contribution is -2.05. The molecule has 0 saturated carbocycles. The SMILES string of the molecule is O=C(CCOCc1ccccc1)c1cscn1. The van der Waals surface area contributed by atoms with Gasteiger partial charge in [-0.05, 0) is 5.56 Å². The van der Waals surface area contributed by atoms with Gasteiger partial charge in [-0.25, -0.2) is 4.98 Å². The quantitative estimate of drug-likeness (QED) is 0.582. The van der Waals surface area contributed by atoms with Crippen molar-refractivity contribution in [1.29, 1.82) is 0 Å². The van der Waals surface area contributed by atoms with Gasteiger partial charge in [0.15, 0.2) is 5.78 Å². The Morgan fingerprint density at radius 3 is 2.82 bits per heavy atom. The first kappa shape index (κ1) is 12.0. The molecule has 2 rings (SSSR count). The summed E-state index contributed by atoms with van der Waals surface area (Å²) in [7, 11) is 0. The van der Waals surface area contributed by atoms with Crippen molar-refractivity contribution in [3.8, 4) is 0 Å². The molecule has 0 aliphatic heterocycles. The smallest absolute Gasteiger partial charge is 0.184 e. The third-order valence-corrected chi connectivity index (χ3v) is 2.89. The monoisotopic (exact) mass is 247 g/mol. The zero-order valence-corrected chi connectivity index (χ0v) is 10.2. The Labute approximate surface area is 104 Å². The Hall–Kier alpha value is -1.52. The minimum absolute atomic E-state index is 0.0410. The van der Waals surface area contributed by atoms with Gasteiger partial charge in [0, 0.05) is 11.8 Å². The fourth-order valence-corrected chi connectivity index (χ4v) is 1.96. The Morgan fingerprint density at radius 1 is 1.29 bits per heavy atom. The van der Waals surface area contributed by atoms with Crippen molar-refractivity contribution in [3.05, 3.63) is 52.5 Å². The molecular formula is C13H13NO2S. The number of nitrogens with zero attached hydrogens (tertiary/aromatic N) is 1. The van der Waals surface area contributed by atoms with Crippen molar-refractivity contribution in [2.75, 3.05) is 6.61 Å². The molecule has 0 radical (unpaired) electrons. The maximum Gasteiger partial charge on any atom is 0.184 e. The minimum atomic E-state index is 0.0410. The molecular weight excluding hydrogens is 234 g/mol. The highest BCUT2D eigenvalue weighted by molar-refractivity contribution is 7.07. The summed E-state index contributed by atoms with van der Waals surface area (Å²) in [4.78, 5) is 15.5. The number of hydrogen-bond acceptors (Lipinski definition) is 4. The topological polar surface area (TPSA) is 39.2 Å². The molecule has 1 heterocycles. The summed E-state index contributed by atoms with van der Waals surface area (Å²) in [6.07, 6.45) is 0.385. The van der Waals surface area contributed by atoms with Crippen molar-refractivity contribution >= 4 is 17.1 Å². The first-order chi connectivity index (χ1) is 8.36. The summed E-state index contributed by atoms with van der Waals surface area (Å²) in [5.41, 5.74) is 3.32. The predicted molar refractivity (Wildman–Crippen MR) is 67.2 cm³/mol. The number of ether oxygens (including phenoxy) is 1. The van der Waals surface area contributed by atoms with Crippen LogP contribution < -0.4 is 0 Å². The zero-order chi connectivity index (χ0) is 11.9. The van der Waals surface area contributed by atoms with E-state index >= 15 is 0 Å². The highest BCUT2D eigenvalue weighted by Gasteiger charge is 2.07. The lowest BCUT2D eigenvalue weighted by Gasteiger charge is -2.02. The van der Waals surface area contributed by atoms with Crippen LogP contribution in [0.4, 0.5) is 0 Å². The van der Waals surface area contributed by atoms with Gasteiger partial charge in [-0.2, -0.15) is 0 Å². The van der Waals surface area contributed by atoms with Crippen LogP contribution in [0.25, 0.3) is 0 Å². The van der Waals surface area contributed by atoms with Crippen LogP contribution in [0, 0.1) is 0 Å². The van der Waals surface area contributed by atoms with E-state index in [1.165, 1.54) is 11.3 Å². The molecule has 0 atom stereocenters. The van der Waals surface area contributed by atoms with E-state index in [4.69, 9.17) is 4.74 Å². The largest absolute Gasteiger partial charge is 0.376 e. The molecule has 4 heteroatoms. The molecule has 0 spiro atoms. The van der Waals surface area contributed by atoms with E-state index in [1.807, 2.05) is 30.3 Å². The second-order valence-corrected chi connectivity index (χ2v) is 4.30. The molecule has 1 aromatic carbocycles. The summed E-state index contributed by atoms with van der Waals surface area (Å²) in [6, 6.07) is 9.91. The molecule has 0 fully saturated rings. The van der Waals surface area contributed by atoms with E-state index in [9.17, 15) is 4.79 Å². The van der Waals surface area contributed by atoms with E-state index in [1.54, 1.807) is 10.9 Å². The van der Waals surface area contributed by atoms with Crippen molar-refractivity contribution in [1.82, 2.24) is 4.98 Å². The summed E-state index contributed by atoms with van der Waals surface area (Å²) < 4.78 is 5.44. The van der Waals surface area contributed by atoms with Gasteiger partial charge in [-0.15, -0.1) is 11.3 Å². The van der Waals surface area contributed by atoms with Gasteiger partial charge in [0.05, 0.1) is 18.7 Å². The van der Waals surface area contributed by atoms with E-state index < -0.39 is 0 Å². The zero-order valence-electron chi connectivity index (χ0n) is 9.33. The van der Waals surface area contributed by atoms with Crippen LogP contribution in [0.15, 0.2) is 41.2 Å². The third-order valence-electron chi connectivity index (χ3n) is 2.30. The number of carbonyl (C=O) groups is 1. The van der Waals surface area contributed by atoms with Gasteiger partial charge in [-0.1, -0.05) is 30.3 Å². The Bertz CT molecular complexity index is 454. The average Bonchev–Trinajstić information content (AvgIpc) is 2.89. The van der Waals surface area contributed by atoms with Crippen LogP contribution in [0.2, 0.25) is 0 Å².